The highest BCUT2D eigenvalue weighted by Crippen LogP contribution is 2.31. The molecule has 0 saturated heterocycles. The minimum atomic E-state index is -1.03. The maximum Gasteiger partial charge on any atom is 0.189 e. The van der Waals surface area contributed by atoms with Gasteiger partial charge < -0.3 is 10.4 Å². The van der Waals surface area contributed by atoms with Gasteiger partial charge >= 0.3 is 0 Å². The lowest BCUT2D eigenvalue weighted by molar-refractivity contribution is 0.0785. The average Bonchev–Trinajstić information content (AvgIpc) is 2.63. The lowest BCUT2D eigenvalue weighted by Gasteiger charge is -2.22. The van der Waals surface area contributed by atoms with Gasteiger partial charge in [-0.15, -0.1) is 0 Å². The molecular formula is C21H23N3OS. The van der Waals surface area contributed by atoms with Gasteiger partial charge in [0.15, 0.2) is 5.16 Å². The van der Waals surface area contributed by atoms with E-state index in [0.717, 1.165) is 12.1 Å². The van der Waals surface area contributed by atoms with Crippen LogP contribution in [0, 0.1) is 0 Å². The van der Waals surface area contributed by atoms with Crippen molar-refractivity contribution in [1.82, 2.24) is 9.97 Å². The maximum atomic E-state index is 10.5. The Morgan fingerprint density at radius 3 is 2.42 bits per heavy atom. The fourth-order valence-corrected chi connectivity index (χ4v) is 3.09. The molecule has 0 aliphatic rings. The molecule has 3 rings (SSSR count). The van der Waals surface area contributed by atoms with Gasteiger partial charge in [0.2, 0.25) is 0 Å². The molecule has 0 spiro atoms. The van der Waals surface area contributed by atoms with Crippen molar-refractivity contribution in [2.75, 3.05) is 11.6 Å². The highest BCUT2D eigenvalue weighted by Gasteiger charge is 2.23. The molecular weight excluding hydrogens is 342 g/mol. The number of benzene rings is 2. The Balaban J connectivity index is 1.97. The predicted molar refractivity (Wildman–Crippen MR) is 108 cm³/mol. The molecule has 26 heavy (non-hydrogen) atoms. The van der Waals surface area contributed by atoms with Crippen LogP contribution in [0.15, 0.2) is 66.0 Å². The molecule has 0 aliphatic heterocycles. The Hall–Kier alpha value is -2.37. The molecule has 0 amide bonds. The summed E-state index contributed by atoms with van der Waals surface area (Å²) < 4.78 is 0. The summed E-state index contributed by atoms with van der Waals surface area (Å²) in [6, 6.07) is 18.5. The number of nitrogens with zero attached hydrogens (tertiary/aromatic N) is 2. The van der Waals surface area contributed by atoms with Gasteiger partial charge in [-0.05, 0) is 43.7 Å². The van der Waals surface area contributed by atoms with Crippen molar-refractivity contribution in [1.29, 1.82) is 0 Å². The molecule has 0 fully saturated rings. The Morgan fingerprint density at radius 2 is 1.73 bits per heavy atom. The molecule has 0 aliphatic carbocycles. The number of hydrogen-bond donors (Lipinski definition) is 2. The van der Waals surface area contributed by atoms with Gasteiger partial charge in [-0.25, -0.2) is 9.97 Å². The van der Waals surface area contributed by atoms with E-state index < -0.39 is 5.60 Å². The summed E-state index contributed by atoms with van der Waals surface area (Å²) in [7, 11) is 0. The molecule has 5 heteroatoms. The zero-order valence-corrected chi connectivity index (χ0v) is 16.0. The number of anilines is 2. The second-order valence-corrected chi connectivity index (χ2v) is 7.40. The summed E-state index contributed by atoms with van der Waals surface area (Å²) in [5.41, 5.74) is 3.03. The standard InChI is InChI=1S/C21H23N3OS/c1-21(2,25)17-14-22-20(26-3)24-19(17)23-18-12-8-7-11-16(18)13-15-9-5-4-6-10-15/h4-12,14,25H,13H2,1-3H3,(H,22,23,24). The third kappa shape index (κ3) is 4.42. The van der Waals surface area contributed by atoms with Crippen molar-refractivity contribution in [3.05, 3.63) is 77.5 Å². The van der Waals surface area contributed by atoms with E-state index in [1.807, 2.05) is 42.7 Å². The lowest BCUT2D eigenvalue weighted by atomic mass is 10.00. The lowest BCUT2D eigenvalue weighted by Crippen LogP contribution is -2.19. The topological polar surface area (TPSA) is 58.0 Å². The Bertz CT molecular complexity index is 876. The predicted octanol–water partition coefficient (Wildman–Crippen LogP) is 4.76. The third-order valence-electron chi connectivity index (χ3n) is 4.12. The van der Waals surface area contributed by atoms with Crippen LogP contribution in [0.1, 0.15) is 30.5 Å². The molecule has 4 nitrogen and oxygen atoms in total. The summed E-state index contributed by atoms with van der Waals surface area (Å²) >= 11 is 1.48. The van der Waals surface area contributed by atoms with E-state index in [1.165, 1.54) is 22.9 Å². The molecule has 0 unspecified atom stereocenters. The third-order valence-corrected chi connectivity index (χ3v) is 4.68. The molecule has 1 heterocycles. The first-order valence-electron chi connectivity index (χ1n) is 8.50. The summed E-state index contributed by atoms with van der Waals surface area (Å²) in [6.45, 7) is 3.48. The quantitative estimate of drug-likeness (QED) is 0.487. The van der Waals surface area contributed by atoms with Crippen molar-refractivity contribution in [2.24, 2.45) is 0 Å². The van der Waals surface area contributed by atoms with Gasteiger partial charge in [-0.3, -0.25) is 0 Å². The number of aliphatic hydroxyl groups is 1. The summed E-state index contributed by atoms with van der Waals surface area (Å²) in [5, 5.41) is 14.6. The Kier molecular flexibility index (Phi) is 5.59. The summed E-state index contributed by atoms with van der Waals surface area (Å²) in [4.78, 5) is 8.89. The van der Waals surface area contributed by atoms with Crippen LogP contribution >= 0.6 is 11.8 Å². The van der Waals surface area contributed by atoms with E-state index >= 15 is 0 Å². The molecule has 2 N–H and O–H groups in total. The van der Waals surface area contributed by atoms with Gasteiger partial charge in [0, 0.05) is 17.4 Å². The SMILES string of the molecule is CSc1ncc(C(C)(C)O)c(Nc2ccccc2Cc2ccccc2)n1. The van der Waals surface area contributed by atoms with Crippen LogP contribution in [0.3, 0.4) is 0 Å². The minimum Gasteiger partial charge on any atom is -0.386 e. The molecule has 0 saturated carbocycles. The van der Waals surface area contributed by atoms with Crippen LogP contribution in [0.25, 0.3) is 0 Å². The molecule has 3 aromatic rings. The minimum absolute atomic E-state index is 0.636. The maximum absolute atomic E-state index is 10.5. The largest absolute Gasteiger partial charge is 0.386 e. The number of thioether (sulfide) groups is 1. The van der Waals surface area contributed by atoms with Crippen LogP contribution in [-0.2, 0) is 12.0 Å². The van der Waals surface area contributed by atoms with Crippen molar-refractivity contribution >= 4 is 23.3 Å². The van der Waals surface area contributed by atoms with Gasteiger partial charge in [-0.1, -0.05) is 60.3 Å². The number of rotatable bonds is 6. The molecule has 0 atom stereocenters. The van der Waals surface area contributed by atoms with Gasteiger partial charge in [0.1, 0.15) is 5.82 Å². The van der Waals surface area contributed by atoms with E-state index in [1.54, 1.807) is 20.0 Å². The van der Waals surface area contributed by atoms with Gasteiger partial charge in [0.05, 0.1) is 5.60 Å². The first-order chi connectivity index (χ1) is 12.5. The first-order valence-corrected chi connectivity index (χ1v) is 9.72. The van der Waals surface area contributed by atoms with Crippen LogP contribution < -0.4 is 5.32 Å². The number of para-hydroxylation sites is 1. The van der Waals surface area contributed by atoms with E-state index in [0.29, 0.717) is 16.5 Å². The van der Waals surface area contributed by atoms with E-state index in [4.69, 9.17) is 0 Å². The normalized spacial score (nSPS) is 11.4. The highest BCUT2D eigenvalue weighted by atomic mass is 32.2. The summed E-state index contributed by atoms with van der Waals surface area (Å²) in [5.74, 6) is 0.636. The van der Waals surface area contributed by atoms with Crippen LogP contribution in [-0.4, -0.2) is 21.3 Å². The molecule has 0 radical (unpaired) electrons. The second kappa shape index (κ2) is 7.89. The van der Waals surface area contributed by atoms with Crippen molar-refractivity contribution in [3.8, 4) is 0 Å². The van der Waals surface area contributed by atoms with Crippen molar-refractivity contribution in [2.45, 2.75) is 31.0 Å². The molecule has 2 aromatic carbocycles. The van der Waals surface area contributed by atoms with Gasteiger partial charge in [0.25, 0.3) is 0 Å². The summed E-state index contributed by atoms with van der Waals surface area (Å²) in [6.07, 6.45) is 4.45. The van der Waals surface area contributed by atoms with E-state index in [2.05, 4.69) is 33.5 Å². The highest BCUT2D eigenvalue weighted by molar-refractivity contribution is 7.98. The van der Waals surface area contributed by atoms with E-state index in [9.17, 15) is 5.11 Å². The monoisotopic (exact) mass is 365 g/mol. The molecule has 0 bridgehead atoms. The Labute approximate surface area is 158 Å². The second-order valence-electron chi connectivity index (χ2n) is 6.62. The number of hydrogen-bond acceptors (Lipinski definition) is 5. The van der Waals surface area contributed by atoms with Crippen LogP contribution in [0.2, 0.25) is 0 Å². The fraction of sp³-hybridized carbons (Fsp3) is 0.238. The van der Waals surface area contributed by atoms with Crippen LogP contribution in [0.5, 0.6) is 0 Å². The van der Waals surface area contributed by atoms with Crippen molar-refractivity contribution < 1.29 is 5.11 Å². The van der Waals surface area contributed by atoms with E-state index in [-0.39, 0.29) is 0 Å². The zero-order valence-electron chi connectivity index (χ0n) is 15.2. The first kappa shape index (κ1) is 18.4. The number of aromatic nitrogens is 2. The van der Waals surface area contributed by atoms with Gasteiger partial charge in [-0.2, -0.15) is 0 Å². The van der Waals surface area contributed by atoms with Crippen LogP contribution in [0.4, 0.5) is 11.5 Å². The molecule has 1 aromatic heterocycles. The van der Waals surface area contributed by atoms with Crippen molar-refractivity contribution in [3.63, 3.8) is 0 Å². The molecule has 134 valence electrons. The zero-order chi connectivity index (χ0) is 18.6. The smallest absolute Gasteiger partial charge is 0.189 e. The number of nitrogens with one attached hydrogen (secondary N) is 1. The average molecular weight is 366 g/mol. The fourth-order valence-electron chi connectivity index (χ4n) is 2.75. The Morgan fingerprint density at radius 1 is 1.04 bits per heavy atom.